The molecule has 30 heavy (non-hydrogen) atoms. The number of benzene rings is 2. The Morgan fingerprint density at radius 1 is 1.00 bits per heavy atom. The summed E-state index contributed by atoms with van der Waals surface area (Å²) in [5, 5.41) is 10.0. The third-order valence-corrected chi connectivity index (χ3v) is 4.65. The van der Waals surface area contributed by atoms with Crippen molar-refractivity contribution in [1.29, 1.82) is 0 Å². The first-order valence-electron chi connectivity index (χ1n) is 9.07. The normalized spacial score (nSPS) is 17.1. The van der Waals surface area contributed by atoms with Crippen LogP contribution in [0.2, 0.25) is 0 Å². The monoisotopic (exact) mass is 406 g/mol. The number of anilines is 1. The minimum absolute atomic E-state index is 0.125. The molecular formula is C20H14N4O6. The van der Waals surface area contributed by atoms with Crippen LogP contribution in [0.3, 0.4) is 0 Å². The summed E-state index contributed by atoms with van der Waals surface area (Å²) in [5.74, 6) is -0.413. The molecule has 2 aromatic carbocycles. The number of fused-ring (bicyclic) bond motifs is 2. The largest absolute Gasteiger partial charge is 0.485 e. The maximum Gasteiger partial charge on any atom is 0.322 e. The van der Waals surface area contributed by atoms with Crippen LogP contribution >= 0.6 is 0 Å². The zero-order valence-electron chi connectivity index (χ0n) is 15.4. The van der Waals surface area contributed by atoms with Crippen molar-refractivity contribution in [1.82, 2.24) is 15.1 Å². The summed E-state index contributed by atoms with van der Waals surface area (Å²) in [6.07, 6.45) is -0.630. The van der Waals surface area contributed by atoms with Crippen molar-refractivity contribution in [2.24, 2.45) is 0 Å². The average molecular weight is 406 g/mol. The van der Waals surface area contributed by atoms with Gasteiger partial charge in [0.25, 0.3) is 17.7 Å². The van der Waals surface area contributed by atoms with Gasteiger partial charge in [-0.15, -0.1) is 5.10 Å². The van der Waals surface area contributed by atoms with Crippen molar-refractivity contribution in [2.75, 3.05) is 18.5 Å². The lowest BCUT2D eigenvalue weighted by atomic mass is 10.1. The van der Waals surface area contributed by atoms with Gasteiger partial charge in [-0.25, -0.2) is 0 Å². The lowest BCUT2D eigenvalue weighted by molar-refractivity contribution is -0.116. The number of nitrogens with zero attached hydrogens (tertiary/aromatic N) is 3. The van der Waals surface area contributed by atoms with Gasteiger partial charge in [0.2, 0.25) is 12.0 Å². The average Bonchev–Trinajstić information content (AvgIpc) is 3.32. The van der Waals surface area contributed by atoms with Crippen molar-refractivity contribution >= 4 is 23.7 Å². The Kier molecular flexibility index (Phi) is 4.16. The van der Waals surface area contributed by atoms with E-state index in [0.717, 1.165) is 4.90 Å². The first-order chi connectivity index (χ1) is 14.6. The zero-order valence-corrected chi connectivity index (χ0v) is 15.4. The quantitative estimate of drug-likeness (QED) is 0.651. The molecule has 0 fully saturated rings. The van der Waals surface area contributed by atoms with Crippen LogP contribution in [0.4, 0.5) is 6.01 Å². The summed E-state index contributed by atoms with van der Waals surface area (Å²) >= 11 is 0. The van der Waals surface area contributed by atoms with Gasteiger partial charge in [0, 0.05) is 0 Å². The van der Waals surface area contributed by atoms with E-state index in [2.05, 4.69) is 15.5 Å². The van der Waals surface area contributed by atoms with Crippen LogP contribution in [0.25, 0.3) is 0 Å². The molecule has 0 spiro atoms. The molecule has 5 rings (SSSR count). The molecule has 3 amide bonds. The molecule has 150 valence electrons. The maximum atomic E-state index is 12.3. The minimum Gasteiger partial charge on any atom is -0.485 e. The van der Waals surface area contributed by atoms with E-state index >= 15 is 0 Å². The minimum atomic E-state index is -0.647. The summed E-state index contributed by atoms with van der Waals surface area (Å²) in [6.45, 7) is -0.303. The second kappa shape index (κ2) is 6.99. The lowest BCUT2D eigenvalue weighted by Crippen LogP contribution is -2.37. The summed E-state index contributed by atoms with van der Waals surface area (Å²) in [7, 11) is 0. The van der Waals surface area contributed by atoms with Crippen LogP contribution in [0.1, 0.15) is 32.7 Å². The predicted molar refractivity (Wildman–Crippen MR) is 100 cm³/mol. The molecule has 0 saturated carbocycles. The molecule has 10 heteroatoms. The van der Waals surface area contributed by atoms with Crippen LogP contribution in [-0.2, 0) is 4.79 Å². The highest BCUT2D eigenvalue weighted by Gasteiger charge is 2.36. The number of nitrogens with one attached hydrogen (secondary N) is 1. The van der Waals surface area contributed by atoms with Crippen LogP contribution < -0.4 is 14.8 Å². The van der Waals surface area contributed by atoms with E-state index in [1.54, 1.807) is 36.4 Å². The number of carbonyl (C=O) groups is 3. The zero-order chi connectivity index (χ0) is 20.7. The number of hydrogen-bond acceptors (Lipinski definition) is 8. The van der Waals surface area contributed by atoms with Crippen molar-refractivity contribution in [3.63, 3.8) is 0 Å². The van der Waals surface area contributed by atoms with Crippen molar-refractivity contribution in [2.45, 2.75) is 6.10 Å². The Morgan fingerprint density at radius 3 is 2.40 bits per heavy atom. The molecule has 10 nitrogen and oxygen atoms in total. The Hall–Kier alpha value is -4.21. The highest BCUT2D eigenvalue weighted by molar-refractivity contribution is 6.22. The Morgan fingerprint density at radius 2 is 1.67 bits per heavy atom. The van der Waals surface area contributed by atoms with E-state index in [0.29, 0.717) is 11.5 Å². The Bertz CT molecular complexity index is 1140. The molecule has 1 aromatic heterocycles. The number of ether oxygens (including phenoxy) is 2. The van der Waals surface area contributed by atoms with Gasteiger partial charge in [-0.1, -0.05) is 29.4 Å². The van der Waals surface area contributed by atoms with Gasteiger partial charge in [-0.2, -0.15) is 0 Å². The number of aromatic nitrogens is 2. The topological polar surface area (TPSA) is 124 Å². The highest BCUT2D eigenvalue weighted by Crippen LogP contribution is 2.35. The van der Waals surface area contributed by atoms with Crippen molar-refractivity contribution < 1.29 is 28.3 Å². The van der Waals surface area contributed by atoms with Crippen LogP contribution in [0.5, 0.6) is 11.5 Å². The number of amides is 3. The number of rotatable bonds is 4. The molecule has 3 heterocycles. The second-order valence-corrected chi connectivity index (χ2v) is 6.60. The number of hydrogen-bond donors (Lipinski definition) is 1. The van der Waals surface area contributed by atoms with Gasteiger partial charge in [-0.3, -0.25) is 24.6 Å². The molecule has 0 aliphatic carbocycles. The Labute approximate surface area is 169 Å². The summed E-state index contributed by atoms with van der Waals surface area (Å²) in [5.41, 5.74) is 0.537. The van der Waals surface area contributed by atoms with Crippen LogP contribution in [-0.4, -0.2) is 46.0 Å². The molecule has 1 unspecified atom stereocenters. The van der Waals surface area contributed by atoms with E-state index in [1.807, 2.05) is 12.1 Å². The summed E-state index contributed by atoms with van der Waals surface area (Å²) < 4.78 is 16.8. The molecule has 3 aromatic rings. The molecule has 0 radical (unpaired) electrons. The van der Waals surface area contributed by atoms with Crippen LogP contribution in [0.15, 0.2) is 52.9 Å². The lowest BCUT2D eigenvalue weighted by Gasteiger charge is -2.23. The molecular weight excluding hydrogens is 392 g/mol. The fraction of sp³-hybridized carbons (Fsp3) is 0.150. The molecule has 2 aliphatic rings. The van der Waals surface area contributed by atoms with Crippen LogP contribution in [0, 0.1) is 0 Å². The van der Waals surface area contributed by atoms with Crippen molar-refractivity contribution in [3.8, 4) is 11.5 Å². The standard InChI is InChI=1S/C20H14N4O6/c25-16(9-24-18(26)11-5-1-2-6-12(11)19(24)27)21-20-23-22-17(30-20)15-10-28-13-7-3-4-8-14(13)29-15/h1-8,15H,9-10H2,(H,21,23,25). The fourth-order valence-electron chi connectivity index (χ4n) is 3.24. The van der Waals surface area contributed by atoms with Gasteiger partial charge in [0.1, 0.15) is 13.2 Å². The predicted octanol–water partition coefficient (Wildman–Crippen LogP) is 1.82. The summed E-state index contributed by atoms with van der Waals surface area (Å²) in [6, 6.07) is 13.4. The van der Waals surface area contributed by atoms with Gasteiger partial charge in [0.05, 0.1) is 11.1 Å². The van der Waals surface area contributed by atoms with Gasteiger partial charge in [0.15, 0.2) is 11.5 Å². The number of para-hydroxylation sites is 2. The molecule has 1 N–H and O–H groups in total. The third-order valence-electron chi connectivity index (χ3n) is 4.65. The van der Waals surface area contributed by atoms with Crippen molar-refractivity contribution in [3.05, 3.63) is 65.5 Å². The van der Waals surface area contributed by atoms with Gasteiger partial charge >= 0.3 is 6.01 Å². The SMILES string of the molecule is O=C(CN1C(=O)c2ccccc2C1=O)Nc1nnc(C2COc3ccccc3O2)o1. The van der Waals surface area contributed by atoms with Gasteiger partial charge < -0.3 is 13.9 Å². The van der Waals surface area contributed by atoms with E-state index < -0.39 is 30.4 Å². The molecule has 0 bridgehead atoms. The van der Waals surface area contributed by atoms with E-state index in [1.165, 1.54) is 0 Å². The smallest absolute Gasteiger partial charge is 0.322 e. The molecule has 2 aliphatic heterocycles. The molecule has 0 saturated heterocycles. The number of imide groups is 1. The van der Waals surface area contributed by atoms with E-state index in [4.69, 9.17) is 13.9 Å². The second-order valence-electron chi connectivity index (χ2n) is 6.60. The van der Waals surface area contributed by atoms with Gasteiger partial charge in [-0.05, 0) is 24.3 Å². The molecule has 1 atom stereocenters. The maximum absolute atomic E-state index is 12.3. The van der Waals surface area contributed by atoms with E-state index in [-0.39, 0.29) is 29.6 Å². The first-order valence-corrected chi connectivity index (χ1v) is 9.07. The Balaban J connectivity index is 1.24. The summed E-state index contributed by atoms with van der Waals surface area (Å²) in [4.78, 5) is 37.9. The number of carbonyl (C=O) groups excluding carboxylic acids is 3. The third kappa shape index (κ3) is 3.04. The first kappa shape index (κ1) is 17.9. The highest BCUT2D eigenvalue weighted by atomic mass is 16.6. The van der Waals surface area contributed by atoms with E-state index in [9.17, 15) is 14.4 Å². The fourth-order valence-corrected chi connectivity index (χ4v) is 3.24.